The van der Waals surface area contributed by atoms with Crippen LogP contribution in [0.2, 0.25) is 5.02 Å². The molecule has 3 rings (SSSR count). The average Bonchev–Trinajstić information content (AvgIpc) is 3.06. The van der Waals surface area contributed by atoms with E-state index >= 15 is 0 Å². The van der Waals surface area contributed by atoms with Crippen LogP contribution in [0.5, 0.6) is 5.75 Å². The maximum absolute atomic E-state index is 6.24. The van der Waals surface area contributed by atoms with Crippen LogP contribution in [-0.2, 0) is 19.9 Å². The fraction of sp³-hybridized carbons (Fsp3) is 0.438. The standard InChI is InChI=1S/C16H20ClN3O/c1-3-18-15(14-4-6-20(2)19-14)10-12-9-13(17)8-11-5-7-21-16(11)12/h4,6,8-9,15,18H,3,5,7,10H2,1-2H3. The van der Waals surface area contributed by atoms with Gasteiger partial charge in [-0.3, -0.25) is 4.68 Å². The van der Waals surface area contributed by atoms with E-state index in [4.69, 9.17) is 16.3 Å². The van der Waals surface area contributed by atoms with Crippen molar-refractivity contribution in [3.63, 3.8) is 0 Å². The number of hydrogen-bond acceptors (Lipinski definition) is 3. The van der Waals surface area contributed by atoms with Crippen LogP contribution in [0.25, 0.3) is 0 Å². The first-order valence-electron chi connectivity index (χ1n) is 7.34. The van der Waals surface area contributed by atoms with Gasteiger partial charge in [-0.1, -0.05) is 18.5 Å². The smallest absolute Gasteiger partial charge is 0.125 e. The second kappa shape index (κ2) is 6.08. The van der Waals surface area contributed by atoms with Crippen molar-refractivity contribution >= 4 is 11.6 Å². The topological polar surface area (TPSA) is 39.1 Å². The van der Waals surface area contributed by atoms with E-state index in [-0.39, 0.29) is 6.04 Å². The number of fused-ring (bicyclic) bond motifs is 1. The van der Waals surface area contributed by atoms with Crippen LogP contribution < -0.4 is 10.1 Å². The number of halogens is 1. The lowest BCUT2D eigenvalue weighted by molar-refractivity contribution is 0.351. The second-order valence-electron chi connectivity index (χ2n) is 5.38. The fourth-order valence-corrected chi connectivity index (χ4v) is 3.13. The highest BCUT2D eigenvalue weighted by atomic mass is 35.5. The molecule has 1 aliphatic heterocycles. The SMILES string of the molecule is CCNC(Cc1cc(Cl)cc2c1OCC2)c1ccn(C)n1. The predicted octanol–water partition coefficient (Wildman–Crippen LogP) is 2.90. The van der Waals surface area contributed by atoms with Gasteiger partial charge in [0.15, 0.2) is 0 Å². The second-order valence-corrected chi connectivity index (χ2v) is 5.82. The molecule has 5 heteroatoms. The lowest BCUT2D eigenvalue weighted by Gasteiger charge is -2.18. The van der Waals surface area contributed by atoms with Crippen molar-refractivity contribution in [3.8, 4) is 5.75 Å². The van der Waals surface area contributed by atoms with Crippen LogP contribution >= 0.6 is 11.6 Å². The molecule has 0 fully saturated rings. The summed E-state index contributed by atoms with van der Waals surface area (Å²) in [5.74, 6) is 1.01. The van der Waals surface area contributed by atoms with Crippen LogP contribution in [0.1, 0.15) is 29.8 Å². The highest BCUT2D eigenvalue weighted by molar-refractivity contribution is 6.30. The maximum Gasteiger partial charge on any atom is 0.125 e. The number of aryl methyl sites for hydroxylation is 1. The Labute approximate surface area is 130 Å². The Balaban J connectivity index is 1.90. The van der Waals surface area contributed by atoms with E-state index in [0.717, 1.165) is 48.0 Å². The molecule has 0 aliphatic carbocycles. The summed E-state index contributed by atoms with van der Waals surface area (Å²) in [4.78, 5) is 0. The summed E-state index contributed by atoms with van der Waals surface area (Å²) in [6.07, 6.45) is 3.74. The summed E-state index contributed by atoms with van der Waals surface area (Å²) in [5, 5.41) is 8.80. The quantitative estimate of drug-likeness (QED) is 0.923. The summed E-state index contributed by atoms with van der Waals surface area (Å²) >= 11 is 6.24. The number of benzene rings is 1. The lowest BCUT2D eigenvalue weighted by atomic mass is 9.99. The van der Waals surface area contributed by atoms with Gasteiger partial charge in [0, 0.05) is 24.7 Å². The third-order valence-corrected chi connectivity index (χ3v) is 4.01. The van der Waals surface area contributed by atoms with Crippen LogP contribution in [0, 0.1) is 0 Å². The molecular formula is C16H20ClN3O. The average molecular weight is 306 g/mol. The summed E-state index contributed by atoms with van der Waals surface area (Å²) in [7, 11) is 1.94. The first-order valence-corrected chi connectivity index (χ1v) is 7.72. The Morgan fingerprint density at radius 1 is 1.48 bits per heavy atom. The van der Waals surface area contributed by atoms with E-state index in [1.165, 1.54) is 5.56 Å². The molecule has 1 N–H and O–H groups in total. The van der Waals surface area contributed by atoms with Gasteiger partial charge >= 0.3 is 0 Å². The van der Waals surface area contributed by atoms with Crippen molar-refractivity contribution in [2.45, 2.75) is 25.8 Å². The van der Waals surface area contributed by atoms with Crippen molar-refractivity contribution in [2.24, 2.45) is 7.05 Å². The normalized spacial score (nSPS) is 14.8. The minimum atomic E-state index is 0.169. The van der Waals surface area contributed by atoms with Crippen molar-refractivity contribution in [3.05, 3.63) is 46.2 Å². The van der Waals surface area contributed by atoms with Gasteiger partial charge in [-0.2, -0.15) is 5.10 Å². The zero-order valence-electron chi connectivity index (χ0n) is 12.4. The molecule has 112 valence electrons. The molecule has 1 unspecified atom stereocenters. The van der Waals surface area contributed by atoms with E-state index in [1.54, 1.807) is 0 Å². The van der Waals surface area contributed by atoms with Gasteiger partial charge in [-0.05, 0) is 42.3 Å². The number of likely N-dealkylation sites (N-methyl/N-ethyl adjacent to an activating group) is 1. The van der Waals surface area contributed by atoms with Gasteiger partial charge in [-0.15, -0.1) is 0 Å². The first-order chi connectivity index (χ1) is 10.2. The van der Waals surface area contributed by atoms with Crippen molar-refractivity contribution in [1.82, 2.24) is 15.1 Å². The molecule has 0 amide bonds. The van der Waals surface area contributed by atoms with Crippen molar-refractivity contribution < 1.29 is 4.74 Å². The van der Waals surface area contributed by atoms with Crippen LogP contribution in [0.3, 0.4) is 0 Å². The molecule has 0 saturated heterocycles. The van der Waals surface area contributed by atoms with Crippen LogP contribution in [0.4, 0.5) is 0 Å². The molecule has 4 nitrogen and oxygen atoms in total. The van der Waals surface area contributed by atoms with Gasteiger partial charge in [0.1, 0.15) is 5.75 Å². The third kappa shape index (κ3) is 3.06. The largest absolute Gasteiger partial charge is 0.493 e. The number of hydrogen-bond donors (Lipinski definition) is 1. The van der Waals surface area contributed by atoms with E-state index in [9.17, 15) is 0 Å². The van der Waals surface area contributed by atoms with Gasteiger partial charge in [0.25, 0.3) is 0 Å². The number of ether oxygens (including phenoxy) is 1. The zero-order chi connectivity index (χ0) is 14.8. The fourth-order valence-electron chi connectivity index (χ4n) is 2.86. The van der Waals surface area contributed by atoms with Gasteiger partial charge in [0.2, 0.25) is 0 Å². The lowest BCUT2D eigenvalue weighted by Crippen LogP contribution is -2.23. The molecule has 0 spiro atoms. The molecule has 21 heavy (non-hydrogen) atoms. The molecule has 2 aromatic rings. The van der Waals surface area contributed by atoms with E-state index < -0.39 is 0 Å². The molecular weight excluding hydrogens is 286 g/mol. The number of nitrogens with one attached hydrogen (secondary N) is 1. The summed E-state index contributed by atoms with van der Waals surface area (Å²) in [5.41, 5.74) is 3.42. The number of nitrogens with zero attached hydrogens (tertiary/aromatic N) is 2. The van der Waals surface area contributed by atoms with E-state index in [1.807, 2.05) is 30.1 Å². The van der Waals surface area contributed by atoms with Gasteiger partial charge in [0.05, 0.1) is 18.3 Å². The predicted molar refractivity (Wildman–Crippen MR) is 84.0 cm³/mol. The Bertz CT molecular complexity index is 638. The maximum atomic E-state index is 6.24. The minimum absolute atomic E-state index is 0.169. The van der Waals surface area contributed by atoms with Crippen molar-refractivity contribution in [2.75, 3.05) is 13.2 Å². The molecule has 0 bridgehead atoms. The highest BCUT2D eigenvalue weighted by Crippen LogP contribution is 2.35. The zero-order valence-corrected chi connectivity index (χ0v) is 13.2. The highest BCUT2D eigenvalue weighted by Gasteiger charge is 2.21. The monoisotopic (exact) mass is 305 g/mol. The Morgan fingerprint density at radius 3 is 3.05 bits per heavy atom. The summed E-state index contributed by atoms with van der Waals surface area (Å²) < 4.78 is 7.62. The summed E-state index contributed by atoms with van der Waals surface area (Å²) in [6.45, 7) is 3.75. The van der Waals surface area contributed by atoms with Crippen molar-refractivity contribution in [1.29, 1.82) is 0 Å². The van der Waals surface area contributed by atoms with E-state index in [0.29, 0.717) is 0 Å². The molecule has 1 aromatic carbocycles. The Morgan fingerprint density at radius 2 is 2.33 bits per heavy atom. The van der Waals surface area contributed by atoms with Gasteiger partial charge in [-0.25, -0.2) is 0 Å². The molecule has 0 radical (unpaired) electrons. The molecule has 0 saturated carbocycles. The van der Waals surface area contributed by atoms with Gasteiger partial charge < -0.3 is 10.1 Å². The first kappa shape index (κ1) is 14.4. The van der Waals surface area contributed by atoms with E-state index in [2.05, 4.69) is 23.4 Å². The molecule has 1 atom stereocenters. The molecule has 1 aromatic heterocycles. The number of rotatable bonds is 5. The number of aromatic nitrogens is 2. The molecule has 1 aliphatic rings. The third-order valence-electron chi connectivity index (χ3n) is 3.79. The minimum Gasteiger partial charge on any atom is -0.493 e. The van der Waals surface area contributed by atoms with Crippen LogP contribution in [0.15, 0.2) is 24.4 Å². The van der Waals surface area contributed by atoms with Crippen LogP contribution in [-0.4, -0.2) is 22.9 Å². The summed E-state index contributed by atoms with van der Waals surface area (Å²) in [6, 6.07) is 6.25. The Hall–Kier alpha value is -1.52. The Kier molecular flexibility index (Phi) is 4.17. The molecule has 2 heterocycles.